The molecule has 4 rings (SSSR count). The SMILES string of the molecule is CCCN(CCOc1ccc(-c2nc3ccc(C4=NNC(=O)CC4CC)cc3o2)cc1)C(C)C. The topological polar surface area (TPSA) is 80.0 Å². The van der Waals surface area contributed by atoms with Crippen molar-refractivity contribution >= 4 is 22.7 Å². The lowest BCUT2D eigenvalue weighted by atomic mass is 9.90. The second-order valence-electron chi connectivity index (χ2n) is 9.05. The summed E-state index contributed by atoms with van der Waals surface area (Å²) in [6.07, 6.45) is 2.45. The van der Waals surface area contributed by atoms with E-state index >= 15 is 0 Å². The summed E-state index contributed by atoms with van der Waals surface area (Å²) < 4.78 is 12.0. The van der Waals surface area contributed by atoms with E-state index in [0.29, 0.717) is 30.5 Å². The van der Waals surface area contributed by atoms with Crippen molar-refractivity contribution in [2.45, 2.75) is 53.0 Å². The molecule has 7 nitrogen and oxygen atoms in total. The Labute approximate surface area is 201 Å². The second-order valence-corrected chi connectivity index (χ2v) is 9.05. The number of ether oxygens (including phenoxy) is 1. The number of nitrogens with zero attached hydrogens (tertiary/aromatic N) is 3. The van der Waals surface area contributed by atoms with Gasteiger partial charge in [-0.3, -0.25) is 9.69 Å². The van der Waals surface area contributed by atoms with E-state index in [9.17, 15) is 4.79 Å². The Balaban J connectivity index is 1.45. The fourth-order valence-electron chi connectivity index (χ4n) is 4.32. The third-order valence-electron chi connectivity index (χ3n) is 6.29. The van der Waals surface area contributed by atoms with Gasteiger partial charge in [-0.1, -0.05) is 19.9 Å². The molecule has 3 aromatic rings. The zero-order chi connectivity index (χ0) is 24.1. The first-order valence-electron chi connectivity index (χ1n) is 12.2. The molecule has 1 unspecified atom stereocenters. The number of nitrogens with one attached hydrogen (secondary N) is 1. The van der Waals surface area contributed by atoms with Crippen molar-refractivity contribution in [3.63, 3.8) is 0 Å². The number of oxazole rings is 1. The molecule has 1 aromatic heterocycles. The molecule has 1 N–H and O–H groups in total. The van der Waals surface area contributed by atoms with Gasteiger partial charge in [0, 0.05) is 36.1 Å². The molecule has 1 atom stereocenters. The van der Waals surface area contributed by atoms with Crippen molar-refractivity contribution in [2.75, 3.05) is 19.7 Å². The van der Waals surface area contributed by atoms with Crippen LogP contribution in [0.15, 0.2) is 52.0 Å². The van der Waals surface area contributed by atoms with Gasteiger partial charge in [0.1, 0.15) is 17.9 Å². The summed E-state index contributed by atoms with van der Waals surface area (Å²) in [5, 5.41) is 4.31. The number of amides is 1. The average Bonchev–Trinajstić information content (AvgIpc) is 3.27. The van der Waals surface area contributed by atoms with Gasteiger partial charge in [0.2, 0.25) is 11.8 Å². The van der Waals surface area contributed by atoms with Gasteiger partial charge in [0.25, 0.3) is 0 Å². The van der Waals surface area contributed by atoms with Crippen molar-refractivity contribution in [3.05, 3.63) is 48.0 Å². The Morgan fingerprint density at radius 2 is 1.88 bits per heavy atom. The summed E-state index contributed by atoms with van der Waals surface area (Å²) in [6.45, 7) is 11.4. The second kappa shape index (κ2) is 10.8. The average molecular weight is 463 g/mol. The lowest BCUT2D eigenvalue weighted by Crippen LogP contribution is -2.35. The summed E-state index contributed by atoms with van der Waals surface area (Å²) in [7, 11) is 0. The van der Waals surface area contributed by atoms with Crippen molar-refractivity contribution in [1.82, 2.24) is 15.3 Å². The molecular weight excluding hydrogens is 428 g/mol. The Morgan fingerprint density at radius 3 is 2.59 bits per heavy atom. The number of carbonyl (C=O) groups excluding carboxylic acids is 1. The lowest BCUT2D eigenvalue weighted by molar-refractivity contribution is -0.122. The predicted octanol–water partition coefficient (Wildman–Crippen LogP) is 5.24. The van der Waals surface area contributed by atoms with Gasteiger partial charge in [-0.15, -0.1) is 0 Å². The summed E-state index contributed by atoms with van der Waals surface area (Å²) in [4.78, 5) is 18.8. The highest BCUT2D eigenvalue weighted by Gasteiger charge is 2.24. The third kappa shape index (κ3) is 5.47. The van der Waals surface area contributed by atoms with E-state index in [1.807, 2.05) is 42.5 Å². The number of benzene rings is 2. The monoisotopic (exact) mass is 462 g/mol. The molecule has 7 heteroatoms. The highest BCUT2D eigenvalue weighted by molar-refractivity contribution is 6.07. The maximum Gasteiger partial charge on any atom is 0.240 e. The fraction of sp³-hybridized carbons (Fsp3) is 0.444. The number of carbonyl (C=O) groups is 1. The minimum atomic E-state index is -0.0377. The summed E-state index contributed by atoms with van der Waals surface area (Å²) in [5.41, 5.74) is 6.82. The normalized spacial score (nSPS) is 16.2. The molecular formula is C27H34N4O3. The third-order valence-corrected chi connectivity index (χ3v) is 6.29. The number of aromatic nitrogens is 1. The van der Waals surface area contributed by atoms with Gasteiger partial charge in [0.05, 0.1) is 5.71 Å². The van der Waals surface area contributed by atoms with Crippen LogP contribution in [0.5, 0.6) is 5.75 Å². The molecule has 0 fully saturated rings. The van der Waals surface area contributed by atoms with Crippen LogP contribution in [0, 0.1) is 5.92 Å². The first kappa shape index (κ1) is 24.0. The molecule has 0 saturated carbocycles. The van der Waals surface area contributed by atoms with E-state index in [1.54, 1.807) is 0 Å². The van der Waals surface area contributed by atoms with Gasteiger partial charge in [-0.05, 0) is 69.6 Å². The van der Waals surface area contributed by atoms with E-state index in [4.69, 9.17) is 9.15 Å². The van der Waals surface area contributed by atoms with Crippen molar-refractivity contribution in [1.29, 1.82) is 0 Å². The molecule has 34 heavy (non-hydrogen) atoms. The zero-order valence-corrected chi connectivity index (χ0v) is 20.5. The minimum Gasteiger partial charge on any atom is -0.492 e. The Hall–Kier alpha value is -3.19. The van der Waals surface area contributed by atoms with Gasteiger partial charge < -0.3 is 9.15 Å². The van der Waals surface area contributed by atoms with Crippen LogP contribution in [-0.2, 0) is 4.79 Å². The van der Waals surface area contributed by atoms with Gasteiger partial charge >= 0.3 is 0 Å². The quantitative estimate of drug-likeness (QED) is 0.445. The van der Waals surface area contributed by atoms with Gasteiger partial charge in [-0.2, -0.15) is 5.10 Å². The van der Waals surface area contributed by atoms with Crippen LogP contribution in [0.25, 0.3) is 22.6 Å². The number of hydrogen-bond acceptors (Lipinski definition) is 6. The molecule has 180 valence electrons. The fourth-order valence-corrected chi connectivity index (χ4v) is 4.32. The molecule has 0 saturated heterocycles. The van der Waals surface area contributed by atoms with E-state index in [1.165, 1.54) is 0 Å². The van der Waals surface area contributed by atoms with Crippen LogP contribution in [0.4, 0.5) is 0 Å². The molecule has 1 aliphatic rings. The number of fused-ring (bicyclic) bond motifs is 1. The maximum absolute atomic E-state index is 11.7. The smallest absolute Gasteiger partial charge is 0.240 e. The minimum absolute atomic E-state index is 0.0377. The van der Waals surface area contributed by atoms with E-state index in [0.717, 1.165) is 54.0 Å². The first-order chi connectivity index (χ1) is 16.5. The molecule has 2 heterocycles. The van der Waals surface area contributed by atoms with Gasteiger partial charge in [0.15, 0.2) is 5.58 Å². The summed E-state index contributed by atoms with van der Waals surface area (Å²) in [6, 6.07) is 14.3. The molecule has 0 aliphatic carbocycles. The highest BCUT2D eigenvalue weighted by atomic mass is 16.5. The van der Waals surface area contributed by atoms with Crippen LogP contribution in [0.1, 0.15) is 52.5 Å². The van der Waals surface area contributed by atoms with Crippen LogP contribution >= 0.6 is 0 Å². The largest absolute Gasteiger partial charge is 0.492 e. The molecule has 2 aromatic carbocycles. The lowest BCUT2D eigenvalue weighted by Gasteiger charge is -2.25. The zero-order valence-electron chi connectivity index (χ0n) is 20.5. The van der Waals surface area contributed by atoms with Crippen LogP contribution in [-0.4, -0.2) is 47.2 Å². The van der Waals surface area contributed by atoms with Crippen LogP contribution < -0.4 is 10.2 Å². The van der Waals surface area contributed by atoms with Crippen molar-refractivity contribution < 1.29 is 13.9 Å². The predicted molar refractivity (Wildman–Crippen MR) is 135 cm³/mol. The molecule has 0 radical (unpaired) electrons. The highest BCUT2D eigenvalue weighted by Crippen LogP contribution is 2.28. The van der Waals surface area contributed by atoms with Crippen LogP contribution in [0.3, 0.4) is 0 Å². The first-order valence-corrected chi connectivity index (χ1v) is 12.2. The molecule has 0 spiro atoms. The number of hydrazone groups is 1. The van der Waals surface area contributed by atoms with Crippen LogP contribution in [0.2, 0.25) is 0 Å². The van der Waals surface area contributed by atoms with E-state index < -0.39 is 0 Å². The Bertz CT molecular complexity index is 1150. The number of rotatable bonds is 10. The summed E-state index contributed by atoms with van der Waals surface area (Å²) in [5.74, 6) is 1.48. The van der Waals surface area contributed by atoms with Crippen molar-refractivity contribution in [2.24, 2.45) is 11.0 Å². The van der Waals surface area contributed by atoms with E-state index in [-0.39, 0.29) is 11.8 Å². The van der Waals surface area contributed by atoms with Crippen molar-refractivity contribution in [3.8, 4) is 17.2 Å². The standard InChI is InChI=1S/C27H34N4O3/c1-5-13-31(18(3)4)14-15-33-22-10-7-20(8-11-22)27-28-23-12-9-21(16-24(23)34-27)26-19(6-2)17-25(32)29-30-26/h7-12,16,18-19H,5-6,13-15,17H2,1-4H3,(H,29,32). The molecule has 0 bridgehead atoms. The van der Waals surface area contributed by atoms with E-state index in [2.05, 4.69) is 48.1 Å². The Morgan fingerprint density at radius 1 is 1.12 bits per heavy atom. The molecule has 1 aliphatic heterocycles. The summed E-state index contributed by atoms with van der Waals surface area (Å²) >= 11 is 0. The van der Waals surface area contributed by atoms with Gasteiger partial charge in [-0.25, -0.2) is 10.4 Å². The maximum atomic E-state index is 11.7. The Kier molecular flexibility index (Phi) is 7.63. The molecule has 1 amide bonds. The number of hydrogen-bond donors (Lipinski definition) is 1.